The molecule has 0 saturated carbocycles. The predicted octanol–water partition coefficient (Wildman–Crippen LogP) is 3.23. The molecule has 5 aromatic rings. The summed E-state index contributed by atoms with van der Waals surface area (Å²) in [6.45, 7) is 2.00. The third-order valence-corrected chi connectivity index (χ3v) is 5.89. The fourth-order valence-electron chi connectivity index (χ4n) is 4.16. The van der Waals surface area contributed by atoms with Crippen LogP contribution in [0.4, 0.5) is 0 Å². The molecule has 0 aliphatic carbocycles. The van der Waals surface area contributed by atoms with E-state index in [1.807, 2.05) is 37.3 Å². The molecule has 3 heterocycles. The Kier molecular flexibility index (Phi) is 5.77. The van der Waals surface area contributed by atoms with Crippen LogP contribution < -0.4 is 5.56 Å². The number of fused-ring (bicyclic) bond motifs is 3. The van der Waals surface area contributed by atoms with Gasteiger partial charge in [-0.15, -0.1) is 10.2 Å². The number of esters is 2. The summed E-state index contributed by atoms with van der Waals surface area (Å²) in [5, 5.41) is 13.3. The first-order valence-corrected chi connectivity index (χ1v) is 11.1. The number of aromatic nitrogens is 5. The highest BCUT2D eigenvalue weighted by atomic mass is 16.5. The van der Waals surface area contributed by atoms with E-state index in [1.165, 1.54) is 37.0 Å². The van der Waals surface area contributed by atoms with Crippen LogP contribution in [0.1, 0.15) is 33.3 Å². The molecule has 0 bridgehead atoms. The molecule has 0 amide bonds. The van der Waals surface area contributed by atoms with Crippen molar-refractivity contribution in [3.05, 3.63) is 88.0 Å². The smallest absolute Gasteiger partial charge is 0.337 e. The number of pyridine rings is 1. The lowest BCUT2D eigenvalue weighted by Crippen LogP contribution is -2.21. The average molecular weight is 483 g/mol. The third-order valence-electron chi connectivity index (χ3n) is 5.89. The van der Waals surface area contributed by atoms with E-state index in [4.69, 9.17) is 14.6 Å². The molecule has 0 saturated heterocycles. The molecule has 180 valence electrons. The third kappa shape index (κ3) is 3.68. The van der Waals surface area contributed by atoms with Crippen molar-refractivity contribution in [2.24, 2.45) is 0 Å². The molecule has 0 aliphatic rings. The molecule has 36 heavy (non-hydrogen) atoms. The minimum absolute atomic E-state index is 0.0813. The van der Waals surface area contributed by atoms with E-state index in [0.717, 1.165) is 16.8 Å². The standard InChI is InChI=1S/C26H21N5O5/c1-4-19-21(15-8-6-5-7-9-15)23-28-27-22-20(31(23)29-19)10-11-30(24(22)32)18-13-16(25(33)35-2)12-17(14-18)26(34)36-3/h5-14H,4H2,1-3H3. The number of carbonyl (C=O) groups excluding carboxylic acids is 2. The fraction of sp³-hybridized carbons (Fsp3) is 0.154. The molecule has 0 unspecified atom stereocenters. The van der Waals surface area contributed by atoms with Crippen molar-refractivity contribution in [1.82, 2.24) is 24.4 Å². The van der Waals surface area contributed by atoms with Crippen LogP contribution in [0.3, 0.4) is 0 Å². The number of hydrogen-bond acceptors (Lipinski definition) is 8. The first-order valence-electron chi connectivity index (χ1n) is 11.1. The highest BCUT2D eigenvalue weighted by Gasteiger charge is 2.20. The van der Waals surface area contributed by atoms with Crippen LogP contribution in [0, 0.1) is 0 Å². The van der Waals surface area contributed by atoms with Crippen molar-refractivity contribution in [3.8, 4) is 16.8 Å². The van der Waals surface area contributed by atoms with Gasteiger partial charge in [-0.05, 0) is 36.2 Å². The summed E-state index contributed by atoms with van der Waals surface area (Å²) in [7, 11) is 2.46. The molecule has 0 aliphatic heterocycles. The predicted molar refractivity (Wildman–Crippen MR) is 131 cm³/mol. The van der Waals surface area contributed by atoms with Gasteiger partial charge in [-0.3, -0.25) is 9.36 Å². The van der Waals surface area contributed by atoms with Gasteiger partial charge in [0.15, 0.2) is 11.2 Å². The Hall–Kier alpha value is -4.86. The summed E-state index contributed by atoms with van der Waals surface area (Å²) in [4.78, 5) is 37.9. The Balaban J connectivity index is 1.73. The number of carbonyl (C=O) groups is 2. The second-order valence-corrected chi connectivity index (χ2v) is 7.95. The van der Waals surface area contributed by atoms with Crippen molar-refractivity contribution in [2.75, 3.05) is 14.2 Å². The number of ether oxygens (including phenoxy) is 2. The lowest BCUT2D eigenvalue weighted by molar-refractivity contribution is 0.0599. The number of benzene rings is 2. The van der Waals surface area contributed by atoms with Crippen molar-refractivity contribution in [1.29, 1.82) is 0 Å². The van der Waals surface area contributed by atoms with Crippen LogP contribution in [0.25, 0.3) is 33.5 Å². The lowest BCUT2D eigenvalue weighted by Gasteiger charge is -2.11. The van der Waals surface area contributed by atoms with Gasteiger partial charge in [0, 0.05) is 6.20 Å². The molecular formula is C26H21N5O5. The van der Waals surface area contributed by atoms with Crippen molar-refractivity contribution in [2.45, 2.75) is 13.3 Å². The molecule has 0 spiro atoms. The van der Waals surface area contributed by atoms with Gasteiger partial charge in [-0.25, -0.2) is 14.1 Å². The van der Waals surface area contributed by atoms with E-state index in [2.05, 4.69) is 10.2 Å². The van der Waals surface area contributed by atoms with Gasteiger partial charge in [0.25, 0.3) is 5.56 Å². The van der Waals surface area contributed by atoms with Crippen molar-refractivity contribution >= 4 is 28.6 Å². The molecule has 3 aromatic heterocycles. The van der Waals surface area contributed by atoms with Crippen LogP contribution in [-0.4, -0.2) is 50.5 Å². The van der Waals surface area contributed by atoms with Gasteiger partial charge in [-0.2, -0.15) is 5.10 Å². The molecule has 0 N–H and O–H groups in total. The lowest BCUT2D eigenvalue weighted by atomic mass is 10.0. The molecule has 0 radical (unpaired) electrons. The largest absolute Gasteiger partial charge is 0.465 e. The van der Waals surface area contributed by atoms with Crippen LogP contribution in [0.15, 0.2) is 65.6 Å². The SMILES string of the molecule is CCc1nn2c(nnc3c(=O)n(-c4cc(C(=O)OC)cc(C(=O)OC)c4)ccc32)c1-c1ccccc1. The monoisotopic (exact) mass is 483 g/mol. The van der Waals surface area contributed by atoms with Gasteiger partial charge < -0.3 is 9.47 Å². The summed E-state index contributed by atoms with van der Waals surface area (Å²) in [5.41, 5.74) is 3.73. The average Bonchev–Trinajstić information content (AvgIpc) is 3.31. The highest BCUT2D eigenvalue weighted by Crippen LogP contribution is 2.29. The summed E-state index contributed by atoms with van der Waals surface area (Å²) >= 11 is 0. The zero-order valence-corrected chi connectivity index (χ0v) is 19.8. The molecule has 2 aromatic carbocycles. The second-order valence-electron chi connectivity index (χ2n) is 7.95. The fourth-order valence-corrected chi connectivity index (χ4v) is 4.16. The number of aryl methyl sites for hydroxylation is 1. The topological polar surface area (TPSA) is 118 Å². The zero-order valence-electron chi connectivity index (χ0n) is 19.8. The van der Waals surface area contributed by atoms with E-state index in [1.54, 1.807) is 16.8 Å². The van der Waals surface area contributed by atoms with Crippen molar-refractivity contribution in [3.63, 3.8) is 0 Å². The number of nitrogens with zero attached hydrogens (tertiary/aromatic N) is 5. The minimum Gasteiger partial charge on any atom is -0.465 e. The van der Waals surface area contributed by atoms with Gasteiger partial charge in [0.1, 0.15) is 5.52 Å². The normalized spacial score (nSPS) is 11.1. The van der Waals surface area contributed by atoms with E-state index >= 15 is 0 Å². The first kappa shape index (κ1) is 22.9. The summed E-state index contributed by atoms with van der Waals surface area (Å²) in [5.74, 6) is -1.32. The maximum Gasteiger partial charge on any atom is 0.337 e. The zero-order chi connectivity index (χ0) is 25.4. The number of rotatable bonds is 5. The molecular weight excluding hydrogens is 462 g/mol. The van der Waals surface area contributed by atoms with Gasteiger partial charge in [0.05, 0.1) is 42.3 Å². The number of methoxy groups -OCH3 is 2. The van der Waals surface area contributed by atoms with E-state index in [9.17, 15) is 14.4 Å². The molecule has 10 heteroatoms. The van der Waals surface area contributed by atoms with Gasteiger partial charge in [-0.1, -0.05) is 37.3 Å². The summed E-state index contributed by atoms with van der Waals surface area (Å²) in [6.07, 6.45) is 2.21. The summed E-state index contributed by atoms with van der Waals surface area (Å²) < 4.78 is 12.5. The molecule has 0 fully saturated rings. The van der Waals surface area contributed by atoms with E-state index < -0.39 is 17.5 Å². The number of hydrogen-bond donors (Lipinski definition) is 0. The Morgan fingerprint density at radius 3 is 2.19 bits per heavy atom. The van der Waals surface area contributed by atoms with Crippen LogP contribution >= 0.6 is 0 Å². The second kappa shape index (κ2) is 9.06. The molecule has 5 rings (SSSR count). The maximum absolute atomic E-state index is 13.5. The van der Waals surface area contributed by atoms with Gasteiger partial charge in [0.2, 0.25) is 0 Å². The Morgan fingerprint density at radius 2 is 1.58 bits per heavy atom. The maximum atomic E-state index is 13.5. The van der Waals surface area contributed by atoms with Gasteiger partial charge >= 0.3 is 11.9 Å². The van der Waals surface area contributed by atoms with E-state index in [-0.39, 0.29) is 22.3 Å². The van der Waals surface area contributed by atoms with Crippen LogP contribution in [0.2, 0.25) is 0 Å². The van der Waals surface area contributed by atoms with E-state index in [0.29, 0.717) is 17.6 Å². The Morgan fingerprint density at radius 1 is 0.917 bits per heavy atom. The van der Waals surface area contributed by atoms with Crippen molar-refractivity contribution < 1.29 is 19.1 Å². The first-order chi connectivity index (χ1) is 17.5. The Bertz CT molecular complexity index is 1670. The van der Waals surface area contributed by atoms with Crippen LogP contribution in [0.5, 0.6) is 0 Å². The molecule has 0 atom stereocenters. The minimum atomic E-state index is -0.658. The highest BCUT2D eigenvalue weighted by molar-refractivity contribution is 5.96. The quantitative estimate of drug-likeness (QED) is 0.350. The Labute approximate surface area is 204 Å². The van der Waals surface area contributed by atoms with Crippen LogP contribution in [-0.2, 0) is 15.9 Å². The molecule has 10 nitrogen and oxygen atoms in total. The summed E-state index contributed by atoms with van der Waals surface area (Å²) in [6, 6.07) is 15.7.